The summed E-state index contributed by atoms with van der Waals surface area (Å²) in [6.07, 6.45) is 6.70. The number of hydrogen-bond acceptors (Lipinski definition) is 0. The first kappa shape index (κ1) is 26.6. The second kappa shape index (κ2) is 9.70. The number of fused-ring (bicyclic) bond motifs is 10. The molecule has 0 amide bonds. The quantitative estimate of drug-likeness (QED) is 0.190. The van der Waals surface area contributed by atoms with Crippen LogP contribution in [0.2, 0.25) is 0 Å². The molecule has 47 heavy (non-hydrogen) atoms. The van der Waals surface area contributed by atoms with Gasteiger partial charge < -0.3 is 9.13 Å². The summed E-state index contributed by atoms with van der Waals surface area (Å²) in [5, 5.41) is 5.26. The van der Waals surface area contributed by atoms with E-state index in [1.54, 1.807) is 0 Å². The first-order valence-electron chi connectivity index (χ1n) is 16.8. The monoisotopic (exact) mass is 602 g/mol. The molecule has 0 spiro atoms. The normalized spacial score (nSPS) is 15.3. The number of aromatic nitrogens is 2. The molecule has 0 fully saturated rings. The van der Waals surface area contributed by atoms with E-state index in [9.17, 15) is 0 Å². The molecule has 0 saturated heterocycles. The number of rotatable bonds is 3. The van der Waals surface area contributed by atoms with Gasteiger partial charge in [-0.05, 0) is 88.7 Å². The van der Waals surface area contributed by atoms with Crippen LogP contribution in [0.4, 0.5) is 0 Å². The van der Waals surface area contributed by atoms with Gasteiger partial charge in [0.1, 0.15) is 0 Å². The third-order valence-electron chi connectivity index (χ3n) is 10.9. The van der Waals surface area contributed by atoms with Gasteiger partial charge in [0.15, 0.2) is 0 Å². The van der Waals surface area contributed by atoms with Crippen LogP contribution in [-0.2, 0) is 5.41 Å². The Morgan fingerprint density at radius 1 is 0.489 bits per heavy atom. The molecule has 0 atom stereocenters. The van der Waals surface area contributed by atoms with E-state index in [0.29, 0.717) is 0 Å². The highest BCUT2D eigenvalue weighted by Gasteiger charge is 2.35. The lowest BCUT2D eigenvalue weighted by molar-refractivity contribution is 0.660. The summed E-state index contributed by atoms with van der Waals surface area (Å²) in [6.45, 7) is 4.73. The molecule has 2 nitrogen and oxygen atoms in total. The molecule has 2 aliphatic rings. The Morgan fingerprint density at radius 3 is 1.83 bits per heavy atom. The van der Waals surface area contributed by atoms with Gasteiger partial charge in [0.25, 0.3) is 0 Å². The summed E-state index contributed by atoms with van der Waals surface area (Å²) < 4.78 is 5.01. The van der Waals surface area contributed by atoms with Crippen molar-refractivity contribution in [3.63, 3.8) is 0 Å². The van der Waals surface area contributed by atoms with Gasteiger partial charge in [0, 0.05) is 38.3 Å². The Bertz CT molecular complexity index is 2640. The van der Waals surface area contributed by atoms with Crippen molar-refractivity contribution in [3.8, 4) is 16.8 Å². The van der Waals surface area contributed by atoms with Crippen molar-refractivity contribution >= 4 is 54.9 Å². The van der Waals surface area contributed by atoms with Gasteiger partial charge >= 0.3 is 0 Å². The fourth-order valence-electron chi connectivity index (χ4n) is 8.64. The van der Waals surface area contributed by atoms with Crippen molar-refractivity contribution in [3.05, 3.63) is 162 Å². The Balaban J connectivity index is 1.23. The Labute approximate surface area is 274 Å². The van der Waals surface area contributed by atoms with E-state index in [2.05, 4.69) is 169 Å². The predicted molar refractivity (Wildman–Crippen MR) is 199 cm³/mol. The predicted octanol–water partition coefficient (Wildman–Crippen LogP) is 11.9. The maximum absolute atomic E-state index is 2.52. The van der Waals surface area contributed by atoms with Crippen molar-refractivity contribution < 1.29 is 0 Å². The van der Waals surface area contributed by atoms with Crippen LogP contribution in [-0.4, -0.2) is 9.13 Å². The molecule has 0 saturated carbocycles. The van der Waals surface area contributed by atoms with E-state index in [1.165, 1.54) is 88.4 Å². The Hall–Kier alpha value is -5.60. The minimum absolute atomic E-state index is 0.0517. The van der Waals surface area contributed by atoms with E-state index < -0.39 is 0 Å². The minimum Gasteiger partial charge on any atom is -0.313 e. The van der Waals surface area contributed by atoms with Gasteiger partial charge in [0.05, 0.1) is 22.1 Å². The van der Waals surface area contributed by atoms with Gasteiger partial charge in [-0.15, -0.1) is 0 Å². The average molecular weight is 603 g/mol. The third-order valence-corrected chi connectivity index (χ3v) is 10.9. The van der Waals surface area contributed by atoms with Crippen LogP contribution >= 0.6 is 0 Å². The number of para-hydroxylation sites is 2. The summed E-state index contributed by atoms with van der Waals surface area (Å²) >= 11 is 0. The van der Waals surface area contributed by atoms with Crippen molar-refractivity contribution in [1.29, 1.82) is 0 Å². The zero-order valence-corrected chi connectivity index (χ0v) is 26.7. The fraction of sp³-hybridized carbons (Fsp3) is 0.111. The molecule has 2 aliphatic carbocycles. The number of nitrogens with zero attached hydrogens (tertiary/aromatic N) is 2. The van der Waals surface area contributed by atoms with Gasteiger partial charge in [-0.3, -0.25) is 0 Å². The molecule has 2 heteroatoms. The first-order valence-corrected chi connectivity index (χ1v) is 16.8. The molecule has 6 aromatic carbocycles. The lowest BCUT2D eigenvalue weighted by Crippen LogP contribution is -2.15. The van der Waals surface area contributed by atoms with Crippen LogP contribution in [0.15, 0.2) is 146 Å². The van der Waals surface area contributed by atoms with E-state index in [0.717, 1.165) is 12.8 Å². The molecule has 2 aromatic heterocycles. The van der Waals surface area contributed by atoms with Crippen molar-refractivity contribution in [2.45, 2.75) is 32.1 Å². The van der Waals surface area contributed by atoms with Gasteiger partial charge in [-0.25, -0.2) is 0 Å². The Kier molecular flexibility index (Phi) is 5.49. The fourth-order valence-corrected chi connectivity index (χ4v) is 8.64. The van der Waals surface area contributed by atoms with Gasteiger partial charge in [-0.2, -0.15) is 0 Å². The molecule has 0 radical (unpaired) electrons. The summed E-state index contributed by atoms with van der Waals surface area (Å²) in [5.74, 6) is 0. The smallest absolute Gasteiger partial charge is 0.0548 e. The van der Waals surface area contributed by atoms with Crippen LogP contribution in [0.3, 0.4) is 0 Å². The highest BCUT2D eigenvalue weighted by molar-refractivity contribution is 6.29. The lowest BCUT2D eigenvalue weighted by Gasteiger charge is -2.22. The van der Waals surface area contributed by atoms with E-state index in [-0.39, 0.29) is 5.41 Å². The summed E-state index contributed by atoms with van der Waals surface area (Å²) in [6, 6.07) is 49.4. The average Bonchev–Trinajstić information content (AvgIpc) is 3.72. The summed E-state index contributed by atoms with van der Waals surface area (Å²) in [4.78, 5) is 0. The molecule has 0 unspecified atom stereocenters. The molecule has 8 aromatic rings. The molecule has 10 rings (SSSR count). The standard InChI is InChI=1S/C45H34N2/c1-45(2)37-17-9-6-14-33(37)34-25-24-32(28-38(34)45)47-40-19-11-8-16-36(40)44-42(47)27-26-41-43(44)35-15-7-10-18-39(35)46(41)31-22-20-30(21-23-31)29-12-4-3-5-13-29/h3-20,22,24-28H,21,23H2,1-2H3. The van der Waals surface area contributed by atoms with Crippen LogP contribution < -0.4 is 0 Å². The highest BCUT2D eigenvalue weighted by Crippen LogP contribution is 2.50. The Morgan fingerprint density at radius 2 is 1.11 bits per heavy atom. The molecular formula is C45H34N2. The van der Waals surface area contributed by atoms with Gasteiger partial charge in [-0.1, -0.05) is 117 Å². The van der Waals surface area contributed by atoms with Crippen molar-refractivity contribution in [2.24, 2.45) is 0 Å². The molecule has 2 heterocycles. The van der Waals surface area contributed by atoms with Crippen molar-refractivity contribution in [1.82, 2.24) is 9.13 Å². The zero-order valence-electron chi connectivity index (χ0n) is 26.7. The lowest BCUT2D eigenvalue weighted by atomic mass is 9.82. The van der Waals surface area contributed by atoms with Crippen LogP contribution in [0.25, 0.3) is 71.7 Å². The van der Waals surface area contributed by atoms with E-state index in [4.69, 9.17) is 0 Å². The second-order valence-electron chi connectivity index (χ2n) is 13.7. The van der Waals surface area contributed by atoms with Crippen LogP contribution in [0.5, 0.6) is 0 Å². The molecule has 0 aliphatic heterocycles. The highest BCUT2D eigenvalue weighted by atomic mass is 15.0. The van der Waals surface area contributed by atoms with Crippen LogP contribution in [0, 0.1) is 0 Å². The summed E-state index contributed by atoms with van der Waals surface area (Å²) in [5.41, 5.74) is 15.8. The zero-order chi connectivity index (χ0) is 31.3. The van der Waals surface area contributed by atoms with Crippen molar-refractivity contribution in [2.75, 3.05) is 0 Å². The van der Waals surface area contributed by atoms with E-state index >= 15 is 0 Å². The molecule has 224 valence electrons. The first-order chi connectivity index (χ1) is 23.1. The maximum Gasteiger partial charge on any atom is 0.0548 e. The van der Waals surface area contributed by atoms with E-state index in [1.807, 2.05) is 0 Å². The minimum atomic E-state index is -0.0517. The SMILES string of the molecule is CC1(C)c2ccccc2-c2ccc(-n3c4ccccc4c4c5c6ccccc6n(C6=CC=C(c7ccccc7)CC6)c5ccc43)cc21. The van der Waals surface area contributed by atoms with Gasteiger partial charge in [0.2, 0.25) is 0 Å². The largest absolute Gasteiger partial charge is 0.313 e. The molecule has 0 N–H and O–H groups in total. The maximum atomic E-state index is 2.52. The number of benzene rings is 6. The molecular weight excluding hydrogens is 569 g/mol. The second-order valence-corrected chi connectivity index (χ2v) is 13.7. The number of hydrogen-bond donors (Lipinski definition) is 0. The number of allylic oxidation sites excluding steroid dienone is 4. The summed E-state index contributed by atoms with van der Waals surface area (Å²) in [7, 11) is 0. The molecule has 0 bridgehead atoms. The third kappa shape index (κ3) is 3.67. The van der Waals surface area contributed by atoms with Crippen LogP contribution in [0.1, 0.15) is 43.4 Å². The topological polar surface area (TPSA) is 9.86 Å².